The van der Waals surface area contributed by atoms with Gasteiger partial charge < -0.3 is 15.2 Å². The molecule has 0 saturated heterocycles. The van der Waals surface area contributed by atoms with Crippen molar-refractivity contribution in [2.45, 2.75) is 33.2 Å². The van der Waals surface area contributed by atoms with Crippen LogP contribution >= 0.6 is 0 Å². The maximum atomic E-state index is 9.41. The molecule has 0 aliphatic rings. The molecule has 1 rings (SSSR count). The Hall–Kier alpha value is -1.22. The van der Waals surface area contributed by atoms with Crippen LogP contribution in [0.5, 0.6) is 5.75 Å². The molecule has 3 nitrogen and oxygen atoms in total. The highest BCUT2D eigenvalue weighted by molar-refractivity contribution is 5.56. The van der Waals surface area contributed by atoms with Gasteiger partial charge in [0.1, 0.15) is 5.75 Å². The zero-order chi connectivity index (χ0) is 12.9. The monoisotopic (exact) mass is 237 g/mol. The second-order valence-electron chi connectivity index (χ2n) is 5.49. The average Bonchev–Trinajstić information content (AvgIpc) is 2.27. The second kappa shape index (κ2) is 5.92. The van der Waals surface area contributed by atoms with Crippen molar-refractivity contribution in [3.05, 3.63) is 24.3 Å². The van der Waals surface area contributed by atoms with Gasteiger partial charge in [-0.3, -0.25) is 0 Å². The Balaban J connectivity index is 2.73. The van der Waals surface area contributed by atoms with Gasteiger partial charge in [-0.05, 0) is 24.0 Å². The highest BCUT2D eigenvalue weighted by atomic mass is 16.5. The molecule has 1 aromatic rings. The van der Waals surface area contributed by atoms with Gasteiger partial charge in [-0.1, -0.05) is 32.9 Å². The van der Waals surface area contributed by atoms with E-state index in [0.29, 0.717) is 0 Å². The summed E-state index contributed by atoms with van der Waals surface area (Å²) in [6.45, 7) is 6.62. The summed E-state index contributed by atoms with van der Waals surface area (Å²) in [6, 6.07) is 7.81. The van der Waals surface area contributed by atoms with Crippen molar-refractivity contribution in [3.8, 4) is 5.75 Å². The van der Waals surface area contributed by atoms with Crippen LogP contribution in [0.1, 0.15) is 27.2 Å². The summed E-state index contributed by atoms with van der Waals surface area (Å²) >= 11 is 0. The molecule has 2 N–H and O–H groups in total. The van der Waals surface area contributed by atoms with E-state index in [9.17, 15) is 5.11 Å². The number of hydrogen-bond acceptors (Lipinski definition) is 3. The highest BCUT2D eigenvalue weighted by Crippen LogP contribution is 2.27. The first kappa shape index (κ1) is 13.8. The van der Waals surface area contributed by atoms with Crippen LogP contribution in [-0.2, 0) is 0 Å². The SMILES string of the molecule is COc1ccccc1NC(CO)CC(C)(C)C. The van der Waals surface area contributed by atoms with E-state index >= 15 is 0 Å². The lowest BCUT2D eigenvalue weighted by molar-refractivity contribution is 0.233. The van der Waals surface area contributed by atoms with E-state index in [-0.39, 0.29) is 18.1 Å². The van der Waals surface area contributed by atoms with Crippen LogP contribution in [-0.4, -0.2) is 24.9 Å². The van der Waals surface area contributed by atoms with E-state index in [4.69, 9.17) is 4.74 Å². The number of nitrogens with one attached hydrogen (secondary N) is 1. The number of aliphatic hydroxyl groups excluding tert-OH is 1. The second-order valence-corrected chi connectivity index (χ2v) is 5.49. The number of anilines is 1. The maximum absolute atomic E-state index is 9.41. The molecule has 1 unspecified atom stereocenters. The minimum Gasteiger partial charge on any atom is -0.495 e. The quantitative estimate of drug-likeness (QED) is 0.827. The van der Waals surface area contributed by atoms with Crippen LogP contribution in [0.2, 0.25) is 0 Å². The lowest BCUT2D eigenvalue weighted by atomic mass is 9.88. The third kappa shape index (κ3) is 4.65. The molecular weight excluding hydrogens is 214 g/mol. The van der Waals surface area contributed by atoms with Gasteiger partial charge >= 0.3 is 0 Å². The van der Waals surface area contributed by atoms with E-state index in [1.165, 1.54) is 0 Å². The van der Waals surface area contributed by atoms with Gasteiger partial charge in [0, 0.05) is 6.04 Å². The van der Waals surface area contributed by atoms with Gasteiger partial charge in [-0.25, -0.2) is 0 Å². The Morgan fingerprint density at radius 1 is 1.29 bits per heavy atom. The summed E-state index contributed by atoms with van der Waals surface area (Å²) in [5.41, 5.74) is 1.11. The molecule has 17 heavy (non-hydrogen) atoms. The Labute approximate surface area is 104 Å². The highest BCUT2D eigenvalue weighted by Gasteiger charge is 2.18. The number of para-hydroxylation sites is 2. The smallest absolute Gasteiger partial charge is 0.141 e. The van der Waals surface area contributed by atoms with Gasteiger partial charge in [0.05, 0.1) is 19.4 Å². The van der Waals surface area contributed by atoms with Gasteiger partial charge in [-0.15, -0.1) is 0 Å². The maximum Gasteiger partial charge on any atom is 0.141 e. The van der Waals surface area contributed by atoms with Crippen molar-refractivity contribution in [1.29, 1.82) is 0 Å². The number of benzene rings is 1. The molecule has 1 atom stereocenters. The summed E-state index contributed by atoms with van der Waals surface area (Å²) in [5.74, 6) is 0.805. The first-order valence-electron chi connectivity index (χ1n) is 5.96. The third-order valence-corrected chi connectivity index (χ3v) is 2.55. The van der Waals surface area contributed by atoms with Crippen molar-refractivity contribution in [2.24, 2.45) is 5.41 Å². The average molecular weight is 237 g/mol. The molecule has 0 radical (unpaired) electrons. The molecule has 0 aliphatic heterocycles. The predicted octanol–water partition coefficient (Wildman–Crippen LogP) is 2.90. The number of ether oxygens (including phenoxy) is 1. The number of aliphatic hydroxyl groups is 1. The van der Waals surface area contributed by atoms with Gasteiger partial charge in [0.15, 0.2) is 0 Å². The van der Waals surface area contributed by atoms with Crippen LogP contribution in [0.3, 0.4) is 0 Å². The minimum atomic E-state index is 0.0475. The Morgan fingerprint density at radius 3 is 2.47 bits per heavy atom. The van der Waals surface area contributed by atoms with Crippen molar-refractivity contribution in [2.75, 3.05) is 19.0 Å². The van der Waals surface area contributed by atoms with E-state index in [1.807, 2.05) is 24.3 Å². The number of rotatable bonds is 5. The summed E-state index contributed by atoms with van der Waals surface area (Å²) in [5, 5.41) is 12.7. The normalized spacial score (nSPS) is 13.2. The molecule has 0 spiro atoms. The first-order valence-corrected chi connectivity index (χ1v) is 5.96. The van der Waals surface area contributed by atoms with Gasteiger partial charge in [0.2, 0.25) is 0 Å². The molecule has 1 aromatic carbocycles. The molecule has 0 saturated carbocycles. The van der Waals surface area contributed by atoms with Crippen molar-refractivity contribution < 1.29 is 9.84 Å². The van der Waals surface area contributed by atoms with Gasteiger partial charge in [-0.2, -0.15) is 0 Å². The van der Waals surface area contributed by atoms with Crippen LogP contribution < -0.4 is 10.1 Å². The van der Waals surface area contributed by atoms with E-state index in [1.54, 1.807) is 7.11 Å². The molecule has 0 fully saturated rings. The largest absolute Gasteiger partial charge is 0.495 e. The standard InChI is InChI=1S/C14H23NO2/c1-14(2,3)9-11(10-16)15-12-7-5-6-8-13(12)17-4/h5-8,11,15-16H,9-10H2,1-4H3. The molecular formula is C14H23NO2. The van der Waals surface area contributed by atoms with Crippen molar-refractivity contribution in [3.63, 3.8) is 0 Å². The molecule has 96 valence electrons. The predicted molar refractivity (Wildman–Crippen MR) is 71.6 cm³/mol. The fourth-order valence-electron chi connectivity index (χ4n) is 1.88. The van der Waals surface area contributed by atoms with E-state index in [0.717, 1.165) is 17.9 Å². The lowest BCUT2D eigenvalue weighted by Crippen LogP contribution is -2.29. The summed E-state index contributed by atoms with van der Waals surface area (Å²) in [7, 11) is 1.65. The Bertz CT molecular complexity index is 344. The topological polar surface area (TPSA) is 41.5 Å². The lowest BCUT2D eigenvalue weighted by Gasteiger charge is -2.26. The molecule has 0 amide bonds. The van der Waals surface area contributed by atoms with Crippen LogP contribution in [0.15, 0.2) is 24.3 Å². The molecule has 0 aromatic heterocycles. The minimum absolute atomic E-state index is 0.0475. The number of methoxy groups -OCH3 is 1. The molecule has 0 bridgehead atoms. The summed E-state index contributed by atoms with van der Waals surface area (Å²) in [6.07, 6.45) is 0.904. The van der Waals surface area contributed by atoms with E-state index in [2.05, 4.69) is 26.1 Å². The van der Waals surface area contributed by atoms with Crippen LogP contribution in [0.4, 0.5) is 5.69 Å². The van der Waals surface area contributed by atoms with E-state index < -0.39 is 0 Å². The van der Waals surface area contributed by atoms with Crippen molar-refractivity contribution >= 4 is 5.69 Å². The molecule has 3 heteroatoms. The fraction of sp³-hybridized carbons (Fsp3) is 0.571. The zero-order valence-electron chi connectivity index (χ0n) is 11.2. The fourth-order valence-corrected chi connectivity index (χ4v) is 1.88. The first-order chi connectivity index (χ1) is 7.96. The third-order valence-electron chi connectivity index (χ3n) is 2.55. The zero-order valence-corrected chi connectivity index (χ0v) is 11.2. The summed E-state index contributed by atoms with van der Waals surface area (Å²) in [4.78, 5) is 0. The Morgan fingerprint density at radius 2 is 1.94 bits per heavy atom. The number of hydrogen-bond donors (Lipinski definition) is 2. The molecule has 0 aliphatic carbocycles. The van der Waals surface area contributed by atoms with Crippen molar-refractivity contribution in [1.82, 2.24) is 0 Å². The summed E-state index contributed by atoms with van der Waals surface area (Å²) < 4.78 is 5.28. The van der Waals surface area contributed by atoms with Crippen LogP contribution in [0.25, 0.3) is 0 Å². The molecule has 0 heterocycles. The Kier molecular flexibility index (Phi) is 4.82. The van der Waals surface area contributed by atoms with Crippen LogP contribution in [0, 0.1) is 5.41 Å². The van der Waals surface area contributed by atoms with Gasteiger partial charge in [0.25, 0.3) is 0 Å².